The minimum Gasteiger partial charge on any atom is -0.314 e. The molecular weight excluding hydrogens is 250 g/mol. The van der Waals surface area contributed by atoms with Gasteiger partial charge >= 0.3 is 0 Å². The lowest BCUT2D eigenvalue weighted by Crippen LogP contribution is -2.48. The molecule has 96 valence electrons. The first-order valence-corrected chi connectivity index (χ1v) is 7.75. The van der Waals surface area contributed by atoms with Gasteiger partial charge < -0.3 is 9.80 Å². The predicted molar refractivity (Wildman–Crippen MR) is 80.0 cm³/mol. The van der Waals surface area contributed by atoms with E-state index < -0.39 is 0 Å². The summed E-state index contributed by atoms with van der Waals surface area (Å²) < 4.78 is 0. The van der Waals surface area contributed by atoms with Crippen molar-refractivity contribution in [3.63, 3.8) is 0 Å². The molecule has 1 fully saturated rings. The van der Waals surface area contributed by atoms with Crippen molar-refractivity contribution in [3.8, 4) is 0 Å². The van der Waals surface area contributed by atoms with Gasteiger partial charge in [0.25, 0.3) is 0 Å². The van der Waals surface area contributed by atoms with E-state index in [-0.39, 0.29) is 5.54 Å². The zero-order valence-electron chi connectivity index (χ0n) is 10.9. The van der Waals surface area contributed by atoms with Crippen molar-refractivity contribution in [3.05, 3.63) is 0 Å². The van der Waals surface area contributed by atoms with E-state index in [0.717, 1.165) is 48.4 Å². The van der Waals surface area contributed by atoms with Crippen molar-refractivity contribution in [2.24, 2.45) is 4.99 Å². The molecule has 0 amide bonds. The minimum atomic E-state index is -0.0602. The van der Waals surface area contributed by atoms with E-state index in [1.165, 1.54) is 0 Å². The maximum atomic E-state index is 5.68. The molecule has 1 saturated heterocycles. The third-order valence-electron chi connectivity index (χ3n) is 3.59. The van der Waals surface area contributed by atoms with Crippen molar-refractivity contribution in [1.82, 2.24) is 9.80 Å². The Morgan fingerprint density at radius 1 is 1.35 bits per heavy atom. The van der Waals surface area contributed by atoms with Crippen molar-refractivity contribution in [2.75, 3.05) is 32.4 Å². The SMILES string of the molecule is CCSC1=NC2(CCN(C)CC2)C(=S)N1CC. The lowest BCUT2D eigenvalue weighted by atomic mass is 9.88. The summed E-state index contributed by atoms with van der Waals surface area (Å²) in [5.74, 6) is 1.06. The Morgan fingerprint density at radius 2 is 2.00 bits per heavy atom. The molecule has 17 heavy (non-hydrogen) atoms. The molecule has 0 aliphatic carbocycles. The first-order chi connectivity index (χ1) is 8.13. The van der Waals surface area contributed by atoms with E-state index in [9.17, 15) is 0 Å². The standard InChI is InChI=1S/C12H21N3S2/c1-4-15-10(16)12(13-11(15)17-5-2)6-8-14(3)9-7-12/h4-9H2,1-3H3. The van der Waals surface area contributed by atoms with E-state index in [2.05, 4.69) is 30.7 Å². The van der Waals surface area contributed by atoms with Crippen molar-refractivity contribution >= 4 is 34.1 Å². The maximum absolute atomic E-state index is 5.68. The highest BCUT2D eigenvalue weighted by molar-refractivity contribution is 8.13. The molecule has 2 aliphatic rings. The van der Waals surface area contributed by atoms with E-state index in [0.29, 0.717) is 0 Å². The number of thioether (sulfide) groups is 1. The quantitative estimate of drug-likeness (QED) is 0.717. The second-order valence-corrected chi connectivity index (χ2v) is 6.33. The molecule has 0 saturated carbocycles. The first kappa shape index (κ1) is 13.3. The van der Waals surface area contributed by atoms with Crippen LogP contribution in [0.15, 0.2) is 4.99 Å². The fourth-order valence-electron chi connectivity index (χ4n) is 2.46. The summed E-state index contributed by atoms with van der Waals surface area (Å²) in [4.78, 5) is 10.6. The molecule has 0 aromatic heterocycles. The van der Waals surface area contributed by atoms with Gasteiger partial charge in [-0.2, -0.15) is 0 Å². The molecule has 0 atom stereocenters. The fourth-order valence-corrected chi connectivity index (χ4v) is 3.86. The zero-order valence-corrected chi connectivity index (χ0v) is 12.5. The molecule has 0 aromatic rings. The number of likely N-dealkylation sites (tertiary alicyclic amines) is 1. The van der Waals surface area contributed by atoms with Crippen LogP contribution < -0.4 is 0 Å². The van der Waals surface area contributed by atoms with Crippen LogP contribution in [0.2, 0.25) is 0 Å². The van der Waals surface area contributed by atoms with E-state index >= 15 is 0 Å². The summed E-state index contributed by atoms with van der Waals surface area (Å²) in [6.45, 7) is 7.48. The summed E-state index contributed by atoms with van der Waals surface area (Å²) in [5.41, 5.74) is -0.0602. The Balaban J connectivity index is 2.21. The van der Waals surface area contributed by atoms with Crippen LogP contribution in [-0.2, 0) is 0 Å². The topological polar surface area (TPSA) is 18.8 Å². The molecule has 2 rings (SSSR count). The number of piperidine rings is 1. The molecule has 0 radical (unpaired) electrons. The van der Waals surface area contributed by atoms with Crippen LogP contribution in [-0.4, -0.2) is 57.9 Å². The monoisotopic (exact) mass is 271 g/mol. The Kier molecular flexibility index (Phi) is 4.10. The Morgan fingerprint density at radius 3 is 2.53 bits per heavy atom. The average Bonchev–Trinajstić information content (AvgIpc) is 2.57. The van der Waals surface area contributed by atoms with Gasteiger partial charge in [-0.3, -0.25) is 0 Å². The predicted octanol–water partition coefficient (Wildman–Crippen LogP) is 2.22. The lowest BCUT2D eigenvalue weighted by molar-refractivity contribution is 0.232. The number of amidine groups is 1. The average molecular weight is 271 g/mol. The van der Waals surface area contributed by atoms with Gasteiger partial charge in [-0.25, -0.2) is 4.99 Å². The summed E-state index contributed by atoms with van der Waals surface area (Å²) >= 11 is 7.50. The lowest BCUT2D eigenvalue weighted by Gasteiger charge is -2.36. The van der Waals surface area contributed by atoms with Crippen LogP contribution in [0.1, 0.15) is 26.7 Å². The van der Waals surface area contributed by atoms with Gasteiger partial charge in [0.05, 0.1) is 0 Å². The zero-order chi connectivity index (χ0) is 12.5. The molecule has 0 aromatic carbocycles. The molecule has 3 nitrogen and oxygen atoms in total. The number of thiocarbonyl (C=S) groups is 1. The van der Waals surface area contributed by atoms with Gasteiger partial charge in [-0.15, -0.1) is 0 Å². The van der Waals surface area contributed by atoms with Crippen molar-refractivity contribution in [2.45, 2.75) is 32.2 Å². The first-order valence-electron chi connectivity index (χ1n) is 6.36. The number of hydrogen-bond acceptors (Lipinski definition) is 4. The van der Waals surface area contributed by atoms with Crippen LogP contribution in [0.25, 0.3) is 0 Å². The largest absolute Gasteiger partial charge is 0.314 e. The molecule has 5 heteroatoms. The summed E-state index contributed by atoms with van der Waals surface area (Å²) in [6.07, 6.45) is 2.15. The smallest absolute Gasteiger partial charge is 0.165 e. The van der Waals surface area contributed by atoms with Gasteiger partial charge in [0.15, 0.2) is 5.17 Å². The van der Waals surface area contributed by atoms with Crippen LogP contribution in [0, 0.1) is 0 Å². The molecule has 1 spiro atoms. The second-order valence-electron chi connectivity index (χ2n) is 4.71. The van der Waals surface area contributed by atoms with Crippen molar-refractivity contribution in [1.29, 1.82) is 0 Å². The van der Waals surface area contributed by atoms with Crippen LogP contribution in [0.5, 0.6) is 0 Å². The summed E-state index contributed by atoms with van der Waals surface area (Å²) in [5, 5.41) is 1.14. The van der Waals surface area contributed by atoms with Gasteiger partial charge in [0.2, 0.25) is 0 Å². The minimum absolute atomic E-state index is 0.0602. The van der Waals surface area contributed by atoms with Crippen LogP contribution in [0.4, 0.5) is 0 Å². The van der Waals surface area contributed by atoms with Crippen LogP contribution in [0.3, 0.4) is 0 Å². The fraction of sp³-hybridized carbons (Fsp3) is 0.833. The summed E-state index contributed by atoms with van der Waals surface area (Å²) in [6, 6.07) is 0. The van der Waals surface area contributed by atoms with Gasteiger partial charge in [-0.05, 0) is 32.6 Å². The van der Waals surface area contributed by atoms with Gasteiger partial charge in [0, 0.05) is 19.6 Å². The second kappa shape index (κ2) is 5.24. The van der Waals surface area contributed by atoms with Gasteiger partial charge in [-0.1, -0.05) is 30.9 Å². The molecule has 2 heterocycles. The molecule has 0 N–H and O–H groups in total. The highest BCUT2D eigenvalue weighted by atomic mass is 32.2. The normalized spacial score (nSPS) is 24.5. The van der Waals surface area contributed by atoms with Crippen LogP contribution >= 0.6 is 24.0 Å². The number of nitrogens with zero attached hydrogens (tertiary/aromatic N) is 3. The van der Waals surface area contributed by atoms with E-state index in [1.54, 1.807) is 0 Å². The number of hydrogen-bond donors (Lipinski definition) is 0. The number of rotatable bonds is 2. The molecule has 0 bridgehead atoms. The van der Waals surface area contributed by atoms with E-state index in [1.807, 2.05) is 11.8 Å². The van der Waals surface area contributed by atoms with E-state index in [4.69, 9.17) is 17.2 Å². The maximum Gasteiger partial charge on any atom is 0.165 e. The summed E-state index contributed by atoms with van der Waals surface area (Å²) in [7, 11) is 2.17. The number of aliphatic imine (C=N–C) groups is 1. The number of likely N-dealkylation sites (N-methyl/N-ethyl adjacent to an activating group) is 1. The third kappa shape index (κ3) is 2.37. The van der Waals surface area contributed by atoms with Crippen molar-refractivity contribution < 1.29 is 0 Å². The Hall–Kier alpha value is -0.130. The van der Waals surface area contributed by atoms with Gasteiger partial charge in [0.1, 0.15) is 10.5 Å². The third-order valence-corrected chi connectivity index (χ3v) is 5.05. The highest BCUT2D eigenvalue weighted by Gasteiger charge is 2.45. The Labute approximate surface area is 114 Å². The Bertz CT molecular complexity index is 333. The highest BCUT2D eigenvalue weighted by Crippen LogP contribution is 2.36. The molecular formula is C12H21N3S2. The molecule has 0 unspecified atom stereocenters. The molecule has 2 aliphatic heterocycles.